The smallest absolute Gasteiger partial charge is 0.0598 e. The second-order valence-corrected chi connectivity index (χ2v) is 6.58. The Hall–Kier alpha value is -0.0800. The van der Waals surface area contributed by atoms with Crippen LogP contribution in [0, 0.1) is 17.3 Å². The molecule has 2 fully saturated rings. The van der Waals surface area contributed by atoms with Crippen LogP contribution in [-0.2, 0) is 4.74 Å². The van der Waals surface area contributed by atoms with Crippen molar-refractivity contribution in [3.05, 3.63) is 0 Å². The summed E-state index contributed by atoms with van der Waals surface area (Å²) < 4.78 is 5.81. The summed E-state index contributed by atoms with van der Waals surface area (Å²) in [4.78, 5) is 0. The van der Waals surface area contributed by atoms with Crippen LogP contribution < -0.4 is 5.73 Å². The lowest BCUT2D eigenvalue weighted by Gasteiger charge is -2.31. The molecule has 0 radical (unpaired) electrons. The zero-order valence-corrected chi connectivity index (χ0v) is 10.4. The van der Waals surface area contributed by atoms with E-state index < -0.39 is 0 Å². The molecule has 0 aromatic carbocycles. The van der Waals surface area contributed by atoms with Crippen LogP contribution in [0.4, 0.5) is 0 Å². The number of hydrogen-bond donors (Lipinski definition) is 1. The largest absolute Gasteiger partial charge is 0.376 e. The predicted octanol–water partition coefficient (Wildman–Crippen LogP) is 2.57. The zero-order chi connectivity index (χ0) is 11.1. The van der Waals surface area contributed by atoms with Gasteiger partial charge in [0.15, 0.2) is 0 Å². The first-order valence-corrected chi connectivity index (χ1v) is 6.28. The molecule has 2 atom stereocenters. The van der Waals surface area contributed by atoms with E-state index in [4.69, 9.17) is 10.5 Å². The fraction of sp³-hybridized carbons (Fsp3) is 1.00. The van der Waals surface area contributed by atoms with Crippen molar-refractivity contribution in [2.75, 3.05) is 13.2 Å². The maximum Gasteiger partial charge on any atom is 0.0598 e. The van der Waals surface area contributed by atoms with Gasteiger partial charge in [-0.3, -0.25) is 0 Å². The Balaban J connectivity index is 1.77. The normalized spacial score (nSPS) is 39.2. The molecule has 0 saturated heterocycles. The SMILES string of the molecule is CC(C)(C)OCCC1(CN)CC2CC2C1. The summed E-state index contributed by atoms with van der Waals surface area (Å²) in [6.07, 6.45) is 5.36. The first-order valence-electron chi connectivity index (χ1n) is 6.28. The van der Waals surface area contributed by atoms with Crippen molar-refractivity contribution in [1.82, 2.24) is 0 Å². The van der Waals surface area contributed by atoms with Gasteiger partial charge in [0.1, 0.15) is 0 Å². The molecular weight excluding hydrogens is 186 g/mol. The lowest BCUT2D eigenvalue weighted by atomic mass is 9.80. The third kappa shape index (κ3) is 2.73. The third-order valence-electron chi connectivity index (χ3n) is 4.06. The first kappa shape index (κ1) is 11.4. The standard InChI is InChI=1S/C13H25NO/c1-12(2,3)15-5-4-13(9-14)7-10-6-11(10)8-13/h10-11H,4-9,14H2,1-3H3. The van der Waals surface area contributed by atoms with Crippen LogP contribution in [0.15, 0.2) is 0 Å². The number of nitrogens with two attached hydrogens (primary N) is 1. The van der Waals surface area contributed by atoms with Crippen LogP contribution in [0.1, 0.15) is 46.5 Å². The molecule has 2 heteroatoms. The molecule has 2 saturated carbocycles. The summed E-state index contributed by atoms with van der Waals surface area (Å²) in [5.74, 6) is 2.03. The van der Waals surface area contributed by atoms with E-state index in [9.17, 15) is 0 Å². The molecule has 0 bridgehead atoms. The minimum absolute atomic E-state index is 0.00267. The van der Waals surface area contributed by atoms with Gasteiger partial charge in [-0.05, 0) is 70.3 Å². The van der Waals surface area contributed by atoms with E-state index in [2.05, 4.69) is 20.8 Å². The van der Waals surface area contributed by atoms with E-state index in [0.717, 1.165) is 31.4 Å². The number of hydrogen-bond acceptors (Lipinski definition) is 2. The maximum atomic E-state index is 5.95. The van der Waals surface area contributed by atoms with Crippen molar-refractivity contribution in [3.63, 3.8) is 0 Å². The lowest BCUT2D eigenvalue weighted by molar-refractivity contribution is -0.0187. The Bertz CT molecular complexity index is 221. The molecule has 2 unspecified atom stereocenters. The van der Waals surface area contributed by atoms with Gasteiger partial charge in [0.05, 0.1) is 5.60 Å². The third-order valence-corrected chi connectivity index (χ3v) is 4.06. The molecule has 0 aromatic heterocycles. The average molecular weight is 211 g/mol. The van der Waals surface area contributed by atoms with E-state index >= 15 is 0 Å². The van der Waals surface area contributed by atoms with Gasteiger partial charge in [0, 0.05) is 6.61 Å². The number of rotatable bonds is 4. The van der Waals surface area contributed by atoms with Crippen LogP contribution in [0.3, 0.4) is 0 Å². The predicted molar refractivity (Wildman–Crippen MR) is 62.6 cm³/mol. The van der Waals surface area contributed by atoms with Crippen LogP contribution in [0.5, 0.6) is 0 Å². The summed E-state index contributed by atoms with van der Waals surface area (Å²) in [6.45, 7) is 8.09. The van der Waals surface area contributed by atoms with Gasteiger partial charge in [0.2, 0.25) is 0 Å². The van der Waals surface area contributed by atoms with Gasteiger partial charge in [0.25, 0.3) is 0 Å². The average Bonchev–Trinajstić information content (AvgIpc) is 2.73. The van der Waals surface area contributed by atoms with Crippen molar-refractivity contribution in [1.29, 1.82) is 0 Å². The zero-order valence-electron chi connectivity index (χ0n) is 10.4. The molecular formula is C13H25NO. The number of fused-ring (bicyclic) bond motifs is 1. The van der Waals surface area contributed by atoms with Gasteiger partial charge in [-0.25, -0.2) is 0 Å². The molecule has 0 spiro atoms. The molecule has 2 aliphatic rings. The van der Waals surface area contributed by atoms with E-state index in [-0.39, 0.29) is 5.60 Å². The molecule has 2 N–H and O–H groups in total. The highest BCUT2D eigenvalue weighted by Gasteiger charge is 2.52. The second-order valence-electron chi connectivity index (χ2n) is 6.58. The van der Waals surface area contributed by atoms with Crippen molar-refractivity contribution in [2.45, 2.75) is 52.1 Å². The molecule has 15 heavy (non-hydrogen) atoms. The van der Waals surface area contributed by atoms with Gasteiger partial charge < -0.3 is 10.5 Å². The lowest BCUT2D eigenvalue weighted by Crippen LogP contribution is -2.32. The molecule has 88 valence electrons. The van der Waals surface area contributed by atoms with Crippen molar-refractivity contribution in [2.24, 2.45) is 23.0 Å². The Morgan fingerprint density at radius 2 is 1.87 bits per heavy atom. The topological polar surface area (TPSA) is 35.2 Å². The Labute approximate surface area is 93.6 Å². The molecule has 0 aromatic rings. The van der Waals surface area contributed by atoms with Crippen molar-refractivity contribution in [3.8, 4) is 0 Å². The molecule has 2 aliphatic carbocycles. The van der Waals surface area contributed by atoms with Gasteiger partial charge in [-0.15, -0.1) is 0 Å². The summed E-state index contributed by atoms with van der Waals surface area (Å²) in [5, 5.41) is 0. The van der Waals surface area contributed by atoms with Gasteiger partial charge in [-0.1, -0.05) is 0 Å². The molecule has 0 amide bonds. The minimum Gasteiger partial charge on any atom is -0.376 e. The summed E-state index contributed by atoms with van der Waals surface area (Å²) in [6, 6.07) is 0. The van der Waals surface area contributed by atoms with Gasteiger partial charge >= 0.3 is 0 Å². The van der Waals surface area contributed by atoms with E-state index in [1.54, 1.807) is 0 Å². The maximum absolute atomic E-state index is 5.95. The second kappa shape index (κ2) is 3.74. The Morgan fingerprint density at radius 1 is 1.27 bits per heavy atom. The molecule has 2 nitrogen and oxygen atoms in total. The molecule has 0 aliphatic heterocycles. The monoisotopic (exact) mass is 211 g/mol. The van der Waals surface area contributed by atoms with E-state index in [0.29, 0.717) is 5.41 Å². The summed E-state index contributed by atoms with van der Waals surface area (Å²) in [7, 11) is 0. The number of ether oxygens (including phenoxy) is 1. The highest BCUT2D eigenvalue weighted by Crippen LogP contribution is 2.60. The summed E-state index contributed by atoms with van der Waals surface area (Å²) >= 11 is 0. The minimum atomic E-state index is -0.00267. The van der Waals surface area contributed by atoms with Crippen LogP contribution in [-0.4, -0.2) is 18.8 Å². The van der Waals surface area contributed by atoms with Crippen molar-refractivity contribution >= 4 is 0 Å². The Morgan fingerprint density at radius 3 is 2.33 bits per heavy atom. The highest BCUT2D eigenvalue weighted by atomic mass is 16.5. The summed E-state index contributed by atoms with van der Waals surface area (Å²) in [5.41, 5.74) is 6.37. The van der Waals surface area contributed by atoms with Gasteiger partial charge in [-0.2, -0.15) is 0 Å². The van der Waals surface area contributed by atoms with Crippen LogP contribution >= 0.6 is 0 Å². The first-order chi connectivity index (χ1) is 6.94. The van der Waals surface area contributed by atoms with Crippen LogP contribution in [0.2, 0.25) is 0 Å². The molecule has 2 rings (SSSR count). The van der Waals surface area contributed by atoms with Crippen molar-refractivity contribution < 1.29 is 4.74 Å². The fourth-order valence-corrected chi connectivity index (χ4v) is 3.05. The molecule has 0 heterocycles. The fourth-order valence-electron chi connectivity index (χ4n) is 3.05. The van der Waals surface area contributed by atoms with E-state index in [1.807, 2.05) is 0 Å². The quantitative estimate of drug-likeness (QED) is 0.775. The van der Waals surface area contributed by atoms with E-state index in [1.165, 1.54) is 19.3 Å². The highest BCUT2D eigenvalue weighted by molar-refractivity contribution is 5.03. The Kier molecular flexibility index (Phi) is 2.85. The van der Waals surface area contributed by atoms with Crippen LogP contribution in [0.25, 0.3) is 0 Å².